The normalized spacial score (nSPS) is 48.3. The summed E-state index contributed by atoms with van der Waals surface area (Å²) in [4.78, 5) is 14.0. The lowest BCUT2D eigenvalue weighted by Gasteiger charge is -2.51. The molecule has 1 aliphatic carbocycles. The second-order valence-electron chi connectivity index (χ2n) is 13.3. The van der Waals surface area contributed by atoms with Gasteiger partial charge in [0, 0.05) is 25.2 Å². The van der Waals surface area contributed by atoms with Crippen LogP contribution in [0.4, 0.5) is 0 Å². The molecule has 3 fully saturated rings. The summed E-state index contributed by atoms with van der Waals surface area (Å²) < 4.78 is 25.5. The van der Waals surface area contributed by atoms with Crippen molar-refractivity contribution in [3.05, 3.63) is 58.7 Å². The van der Waals surface area contributed by atoms with Crippen LogP contribution < -0.4 is 0 Å². The minimum Gasteiger partial charge on any atom is -0.462 e. The molecule has 2 bridgehead atoms. The SMILES string of the molecule is C/C=C(\C)[C@H]1OC2(CC3C[C@@H](C/C=C(\C)C[C@@H](C)/C=C/C=C4\CO[C@@H]5[C@H](O)C(C)=CC(C(=O)O3)[C@]45O)O2)C[C@H](O)[C@@H]1C. The Morgan fingerprint density at radius 2 is 1.88 bits per heavy atom. The molecule has 8 nitrogen and oxygen atoms in total. The second-order valence-corrected chi connectivity index (χ2v) is 13.3. The minimum atomic E-state index is -1.74. The van der Waals surface area contributed by atoms with E-state index in [0.717, 1.165) is 12.0 Å². The molecular weight excluding hydrogens is 536 g/mol. The molecule has 11 atom stereocenters. The van der Waals surface area contributed by atoms with Gasteiger partial charge in [0.1, 0.15) is 29.8 Å². The van der Waals surface area contributed by atoms with Gasteiger partial charge in [0.2, 0.25) is 0 Å². The highest BCUT2D eigenvalue weighted by Gasteiger charge is 2.60. The first-order valence-electron chi connectivity index (χ1n) is 15.5. The average Bonchev–Trinajstić information content (AvgIpc) is 3.27. The fourth-order valence-electron chi connectivity index (χ4n) is 7.39. The van der Waals surface area contributed by atoms with Crippen LogP contribution in [0.1, 0.15) is 73.6 Å². The fraction of sp³-hybridized carbons (Fsp3) is 0.676. The first-order chi connectivity index (χ1) is 19.9. The molecule has 0 saturated carbocycles. The van der Waals surface area contributed by atoms with Gasteiger partial charge in [-0.1, -0.05) is 55.9 Å². The van der Waals surface area contributed by atoms with E-state index >= 15 is 0 Å². The molecule has 4 aliphatic heterocycles. The molecule has 42 heavy (non-hydrogen) atoms. The van der Waals surface area contributed by atoms with Crippen molar-refractivity contribution in [2.45, 2.75) is 122 Å². The van der Waals surface area contributed by atoms with Crippen LogP contribution in [0.3, 0.4) is 0 Å². The standard InChI is InChI=1S/C34H48O8/c1-7-21(4)30-23(6)28(35)17-33(42-30)16-26-15-25(41-33)12-11-20(3)13-19(2)9-8-10-24-18-39-31-29(36)22(5)14-27(32(37)40-26)34(24,31)38/h7-11,14,19,23,25-31,35-36,38H,12-13,15-18H2,1-6H3/b9-8+,20-11+,21-7+,24-10+/t19-,23-,25+,26?,27?,28-,29+,30+,31+,33?,34+/m0/s1. The summed E-state index contributed by atoms with van der Waals surface area (Å²) >= 11 is 0. The summed E-state index contributed by atoms with van der Waals surface area (Å²) in [5, 5.41) is 34.1. The van der Waals surface area contributed by atoms with E-state index < -0.39 is 47.7 Å². The number of esters is 1. The maximum absolute atomic E-state index is 14.0. The van der Waals surface area contributed by atoms with Crippen molar-refractivity contribution in [2.75, 3.05) is 6.61 Å². The Labute approximate surface area is 249 Å². The van der Waals surface area contributed by atoms with Crippen LogP contribution in [0, 0.1) is 17.8 Å². The van der Waals surface area contributed by atoms with Gasteiger partial charge in [0.25, 0.3) is 0 Å². The van der Waals surface area contributed by atoms with Crippen molar-refractivity contribution in [3.8, 4) is 0 Å². The van der Waals surface area contributed by atoms with Crippen LogP contribution in [0.5, 0.6) is 0 Å². The zero-order valence-corrected chi connectivity index (χ0v) is 25.8. The van der Waals surface area contributed by atoms with E-state index in [-0.39, 0.29) is 43.5 Å². The number of allylic oxidation sites excluding steroid dienone is 5. The molecular formula is C34H48O8. The third kappa shape index (κ3) is 5.86. The first kappa shape index (κ1) is 31.4. The van der Waals surface area contributed by atoms with E-state index in [1.54, 1.807) is 13.0 Å². The van der Waals surface area contributed by atoms with E-state index in [4.69, 9.17) is 18.9 Å². The summed E-state index contributed by atoms with van der Waals surface area (Å²) in [6.45, 7) is 12.0. The zero-order valence-electron chi connectivity index (χ0n) is 25.8. The van der Waals surface area contributed by atoms with Gasteiger partial charge < -0.3 is 34.3 Å². The van der Waals surface area contributed by atoms with E-state index in [9.17, 15) is 20.1 Å². The molecule has 0 aromatic carbocycles. The number of fused-ring (bicyclic) bond motifs is 2. The van der Waals surface area contributed by atoms with Gasteiger partial charge in [-0.05, 0) is 63.2 Å². The van der Waals surface area contributed by atoms with Crippen molar-refractivity contribution in [1.82, 2.24) is 0 Å². The Balaban J connectivity index is 1.53. The Bertz CT molecular complexity index is 1200. The highest BCUT2D eigenvalue weighted by atomic mass is 16.7. The average molecular weight is 585 g/mol. The fourth-order valence-corrected chi connectivity index (χ4v) is 7.39. The molecule has 0 aromatic rings. The van der Waals surface area contributed by atoms with Crippen LogP contribution in [0.15, 0.2) is 58.7 Å². The zero-order chi connectivity index (χ0) is 30.4. The molecule has 8 heteroatoms. The first-order valence-corrected chi connectivity index (χ1v) is 15.5. The van der Waals surface area contributed by atoms with E-state index in [1.165, 1.54) is 5.57 Å². The molecule has 3 unspecified atom stereocenters. The van der Waals surface area contributed by atoms with Crippen LogP contribution in [0.2, 0.25) is 0 Å². The van der Waals surface area contributed by atoms with E-state index in [1.807, 2.05) is 39.0 Å². The van der Waals surface area contributed by atoms with Gasteiger partial charge in [-0.2, -0.15) is 0 Å². The molecule has 4 heterocycles. The van der Waals surface area contributed by atoms with Crippen molar-refractivity contribution in [1.29, 1.82) is 0 Å². The molecule has 3 N–H and O–H groups in total. The molecule has 5 rings (SSSR count). The number of aliphatic hydroxyl groups is 3. The molecule has 0 aromatic heterocycles. The minimum absolute atomic E-state index is 0.110. The van der Waals surface area contributed by atoms with Gasteiger partial charge in [0.15, 0.2) is 5.79 Å². The number of carbonyl (C=O) groups excluding carboxylic acids is 1. The molecule has 0 amide bonds. The number of ether oxygens (including phenoxy) is 4. The van der Waals surface area contributed by atoms with Gasteiger partial charge in [-0.15, -0.1) is 0 Å². The number of hydrogen-bond acceptors (Lipinski definition) is 8. The van der Waals surface area contributed by atoms with Gasteiger partial charge >= 0.3 is 5.97 Å². The van der Waals surface area contributed by atoms with Gasteiger partial charge in [0.05, 0.1) is 24.9 Å². The lowest BCUT2D eigenvalue weighted by Crippen LogP contribution is -2.59. The third-order valence-electron chi connectivity index (χ3n) is 9.97. The van der Waals surface area contributed by atoms with Gasteiger partial charge in [-0.3, -0.25) is 4.79 Å². The second kappa shape index (κ2) is 12.1. The molecule has 3 saturated heterocycles. The smallest absolute Gasteiger partial charge is 0.316 e. The quantitative estimate of drug-likeness (QED) is 0.306. The van der Waals surface area contributed by atoms with Crippen LogP contribution >= 0.6 is 0 Å². The lowest BCUT2D eigenvalue weighted by molar-refractivity contribution is -0.342. The Morgan fingerprint density at radius 1 is 1.12 bits per heavy atom. The summed E-state index contributed by atoms with van der Waals surface area (Å²) in [5.41, 5.74) is 1.61. The third-order valence-corrected chi connectivity index (χ3v) is 9.97. The van der Waals surface area contributed by atoms with Crippen molar-refractivity contribution in [2.24, 2.45) is 17.8 Å². The highest BCUT2D eigenvalue weighted by Crippen LogP contribution is 2.47. The molecule has 1 spiro atoms. The number of carbonyl (C=O) groups is 1. The Hall–Kier alpha value is -2.07. The number of rotatable bonds is 1. The van der Waals surface area contributed by atoms with Crippen LogP contribution in [-0.4, -0.2) is 75.9 Å². The van der Waals surface area contributed by atoms with Crippen LogP contribution in [-0.2, 0) is 23.7 Å². The lowest BCUT2D eigenvalue weighted by atomic mass is 9.71. The largest absolute Gasteiger partial charge is 0.462 e. The number of hydrogen-bond donors (Lipinski definition) is 3. The molecule has 5 aliphatic rings. The molecule has 232 valence electrons. The Morgan fingerprint density at radius 3 is 2.62 bits per heavy atom. The predicted octanol–water partition coefficient (Wildman–Crippen LogP) is 4.45. The maximum Gasteiger partial charge on any atom is 0.316 e. The number of aliphatic hydroxyl groups excluding tert-OH is 2. The summed E-state index contributed by atoms with van der Waals surface area (Å²) in [6.07, 6.45) is 10.3. The monoisotopic (exact) mass is 584 g/mol. The predicted molar refractivity (Wildman–Crippen MR) is 158 cm³/mol. The summed E-state index contributed by atoms with van der Waals surface area (Å²) in [5.74, 6) is -2.61. The van der Waals surface area contributed by atoms with Crippen LogP contribution in [0.25, 0.3) is 0 Å². The highest BCUT2D eigenvalue weighted by molar-refractivity contribution is 5.78. The summed E-state index contributed by atoms with van der Waals surface area (Å²) in [6, 6.07) is 0. The topological polar surface area (TPSA) is 115 Å². The molecule has 0 radical (unpaired) electrons. The van der Waals surface area contributed by atoms with Crippen molar-refractivity contribution >= 4 is 5.97 Å². The van der Waals surface area contributed by atoms with Gasteiger partial charge in [-0.25, -0.2) is 0 Å². The van der Waals surface area contributed by atoms with Crippen molar-refractivity contribution in [3.63, 3.8) is 0 Å². The van der Waals surface area contributed by atoms with E-state index in [2.05, 4.69) is 26.0 Å². The van der Waals surface area contributed by atoms with E-state index in [0.29, 0.717) is 24.0 Å². The van der Waals surface area contributed by atoms with Crippen molar-refractivity contribution < 1.29 is 39.1 Å². The Kier molecular flexibility index (Phi) is 9.06. The maximum atomic E-state index is 14.0. The summed E-state index contributed by atoms with van der Waals surface area (Å²) in [7, 11) is 0.